The van der Waals surface area contributed by atoms with Crippen molar-refractivity contribution in [3.63, 3.8) is 0 Å². The van der Waals surface area contributed by atoms with E-state index in [9.17, 15) is 31.1 Å². The van der Waals surface area contributed by atoms with E-state index in [0.717, 1.165) is 0 Å². The molecule has 0 spiro atoms. The van der Waals surface area contributed by atoms with Crippen LogP contribution in [0, 0.1) is 0 Å². The van der Waals surface area contributed by atoms with Crippen LogP contribution >= 0.6 is 0 Å². The van der Waals surface area contributed by atoms with Crippen LogP contribution in [0.4, 0.5) is 26.3 Å². The van der Waals surface area contributed by atoms with Gasteiger partial charge in [0.2, 0.25) is 5.91 Å². The molecule has 0 saturated carbocycles. The van der Waals surface area contributed by atoms with Crippen LogP contribution in [0.3, 0.4) is 0 Å². The van der Waals surface area contributed by atoms with Gasteiger partial charge in [-0.25, -0.2) is 0 Å². The summed E-state index contributed by atoms with van der Waals surface area (Å²) in [4.78, 5) is 13.5. The Hall–Kier alpha value is -2.75. The van der Waals surface area contributed by atoms with E-state index in [4.69, 9.17) is 9.47 Å². The number of morpholine rings is 1. The molecular formula is C21H19F6NO3. The van der Waals surface area contributed by atoms with E-state index in [-0.39, 0.29) is 36.4 Å². The van der Waals surface area contributed by atoms with Gasteiger partial charge in [-0.15, -0.1) is 0 Å². The molecule has 2 aromatic carbocycles. The first-order chi connectivity index (χ1) is 14.4. The topological polar surface area (TPSA) is 38.8 Å². The lowest BCUT2D eigenvalue weighted by molar-refractivity contribution is -0.144. The quantitative estimate of drug-likeness (QED) is 0.590. The molecule has 168 valence electrons. The van der Waals surface area contributed by atoms with Crippen molar-refractivity contribution in [1.82, 2.24) is 4.90 Å². The minimum atomic E-state index is -4.94. The fourth-order valence-corrected chi connectivity index (χ4v) is 3.14. The summed E-state index contributed by atoms with van der Waals surface area (Å²) in [5, 5.41) is 0. The molecule has 10 heteroatoms. The Morgan fingerprint density at radius 1 is 1.03 bits per heavy atom. The molecular weight excluding hydrogens is 428 g/mol. The Morgan fingerprint density at radius 2 is 1.65 bits per heavy atom. The number of carbonyl (C=O) groups excluding carboxylic acids is 1. The van der Waals surface area contributed by atoms with Crippen LogP contribution in [-0.4, -0.2) is 30.6 Å². The molecule has 4 nitrogen and oxygen atoms in total. The van der Waals surface area contributed by atoms with E-state index in [1.165, 1.54) is 6.92 Å². The number of halogens is 6. The highest BCUT2D eigenvalue weighted by molar-refractivity contribution is 5.78. The second kappa shape index (κ2) is 8.78. The van der Waals surface area contributed by atoms with Crippen molar-refractivity contribution in [1.29, 1.82) is 0 Å². The van der Waals surface area contributed by atoms with E-state index in [1.54, 1.807) is 29.2 Å². The number of hydrogen-bond donors (Lipinski definition) is 0. The first kappa shape index (κ1) is 22.9. The molecule has 0 unspecified atom stereocenters. The van der Waals surface area contributed by atoms with E-state index in [1.807, 2.05) is 0 Å². The summed E-state index contributed by atoms with van der Waals surface area (Å²) < 4.78 is 89.6. The van der Waals surface area contributed by atoms with Crippen LogP contribution in [0.5, 0.6) is 5.75 Å². The van der Waals surface area contributed by atoms with Gasteiger partial charge in [0.05, 0.1) is 17.7 Å². The van der Waals surface area contributed by atoms with Gasteiger partial charge in [-0.05, 0) is 36.8 Å². The number of amides is 1. The van der Waals surface area contributed by atoms with Crippen molar-refractivity contribution in [2.24, 2.45) is 0 Å². The molecule has 1 fully saturated rings. The number of hydrogen-bond acceptors (Lipinski definition) is 3. The molecule has 1 aliphatic heterocycles. The van der Waals surface area contributed by atoms with E-state index in [0.29, 0.717) is 30.8 Å². The third-order valence-corrected chi connectivity index (χ3v) is 4.80. The number of carbonyl (C=O) groups is 1. The zero-order valence-corrected chi connectivity index (χ0v) is 16.4. The summed E-state index contributed by atoms with van der Waals surface area (Å²) in [5.41, 5.74) is -2.49. The summed E-state index contributed by atoms with van der Waals surface area (Å²) in [6.07, 6.45) is -11.0. The molecule has 0 aromatic heterocycles. The Morgan fingerprint density at radius 3 is 2.23 bits per heavy atom. The van der Waals surface area contributed by atoms with Gasteiger partial charge in [0, 0.05) is 18.7 Å². The van der Waals surface area contributed by atoms with Crippen LogP contribution in [-0.2, 0) is 28.4 Å². The molecule has 1 atom stereocenters. The number of nitrogens with zero attached hydrogens (tertiary/aromatic N) is 1. The predicted molar refractivity (Wildman–Crippen MR) is 98.2 cm³/mol. The van der Waals surface area contributed by atoms with Gasteiger partial charge in [-0.3, -0.25) is 4.79 Å². The zero-order chi connectivity index (χ0) is 22.8. The third-order valence-electron chi connectivity index (χ3n) is 4.80. The number of alkyl halides is 6. The molecule has 3 rings (SSSR count). The van der Waals surface area contributed by atoms with E-state index in [2.05, 4.69) is 0 Å². The Labute approximate surface area is 174 Å². The second-order valence-corrected chi connectivity index (χ2v) is 7.07. The molecule has 0 N–H and O–H groups in total. The Balaban J connectivity index is 1.88. The summed E-state index contributed by atoms with van der Waals surface area (Å²) in [6.45, 7) is 2.23. The van der Waals surface area contributed by atoms with Gasteiger partial charge >= 0.3 is 12.4 Å². The minimum Gasteiger partial charge on any atom is -0.486 e. The molecule has 1 aliphatic rings. The van der Waals surface area contributed by atoms with E-state index < -0.39 is 29.6 Å². The smallest absolute Gasteiger partial charge is 0.416 e. The van der Waals surface area contributed by atoms with Crippen LogP contribution in [0.25, 0.3) is 0 Å². The van der Waals surface area contributed by atoms with Crippen molar-refractivity contribution in [2.45, 2.75) is 31.9 Å². The summed E-state index contributed by atoms with van der Waals surface area (Å²) in [5.74, 6) is 0.0436. The van der Waals surface area contributed by atoms with Crippen molar-refractivity contribution in [3.05, 3.63) is 64.7 Å². The standard InChI is InChI=1S/C21H19F6NO3/c1-13(15-8-16(20(22,23)24)10-17(9-15)21(25,26)27)31-18-5-3-2-4-14(18)11-28-6-7-30-12-19(28)29/h2-5,8-10,13H,6-7,11-12H2,1H3/t13-/m1/s1. The lowest BCUT2D eigenvalue weighted by atomic mass is 10.0. The molecule has 0 bridgehead atoms. The lowest BCUT2D eigenvalue weighted by Crippen LogP contribution is -2.41. The van der Waals surface area contributed by atoms with Crippen molar-refractivity contribution in [2.75, 3.05) is 19.8 Å². The molecule has 0 aliphatic carbocycles. The molecule has 0 radical (unpaired) electrons. The lowest BCUT2D eigenvalue weighted by Gasteiger charge is -2.28. The van der Waals surface area contributed by atoms with Gasteiger partial charge in [0.25, 0.3) is 0 Å². The maximum Gasteiger partial charge on any atom is 0.416 e. The normalized spacial score (nSPS) is 16.4. The van der Waals surface area contributed by atoms with Crippen molar-refractivity contribution >= 4 is 5.91 Å². The highest BCUT2D eigenvalue weighted by Gasteiger charge is 2.37. The van der Waals surface area contributed by atoms with E-state index >= 15 is 0 Å². The molecule has 1 heterocycles. The summed E-state index contributed by atoms with van der Waals surface area (Å²) in [6, 6.07) is 7.92. The predicted octanol–water partition coefficient (Wildman–Crippen LogP) is 5.22. The van der Waals surface area contributed by atoms with Crippen LogP contribution in [0.15, 0.2) is 42.5 Å². The highest BCUT2D eigenvalue weighted by atomic mass is 19.4. The largest absolute Gasteiger partial charge is 0.486 e. The number of rotatable bonds is 5. The van der Waals surface area contributed by atoms with Gasteiger partial charge in [-0.2, -0.15) is 26.3 Å². The van der Waals surface area contributed by atoms with Crippen molar-refractivity contribution < 1.29 is 40.6 Å². The Kier molecular flexibility index (Phi) is 6.49. The molecule has 2 aromatic rings. The average molecular weight is 447 g/mol. The Bertz CT molecular complexity index is 909. The SMILES string of the molecule is C[C@@H](Oc1ccccc1CN1CCOCC1=O)c1cc(C(F)(F)F)cc(C(F)(F)F)c1. The second-order valence-electron chi connectivity index (χ2n) is 7.07. The monoisotopic (exact) mass is 447 g/mol. The zero-order valence-electron chi connectivity index (χ0n) is 16.4. The molecule has 31 heavy (non-hydrogen) atoms. The number of benzene rings is 2. The first-order valence-corrected chi connectivity index (χ1v) is 9.34. The van der Waals surface area contributed by atoms with Gasteiger partial charge in [0.15, 0.2) is 0 Å². The van der Waals surface area contributed by atoms with Gasteiger partial charge in [0.1, 0.15) is 18.5 Å². The average Bonchev–Trinajstić information content (AvgIpc) is 2.69. The van der Waals surface area contributed by atoms with Crippen LogP contribution in [0.2, 0.25) is 0 Å². The fraction of sp³-hybridized carbons (Fsp3) is 0.381. The number of ether oxygens (including phenoxy) is 2. The maximum absolute atomic E-state index is 13.1. The summed E-state index contributed by atoms with van der Waals surface area (Å²) in [7, 11) is 0. The number of para-hydroxylation sites is 1. The van der Waals surface area contributed by atoms with Crippen LogP contribution in [0.1, 0.15) is 35.3 Å². The molecule has 1 amide bonds. The minimum absolute atomic E-state index is 0.0517. The maximum atomic E-state index is 13.1. The third kappa shape index (κ3) is 5.69. The first-order valence-electron chi connectivity index (χ1n) is 9.34. The van der Waals surface area contributed by atoms with Gasteiger partial charge in [-0.1, -0.05) is 18.2 Å². The molecule has 1 saturated heterocycles. The fourth-order valence-electron chi connectivity index (χ4n) is 3.14. The summed E-state index contributed by atoms with van der Waals surface area (Å²) >= 11 is 0. The van der Waals surface area contributed by atoms with Gasteiger partial charge < -0.3 is 14.4 Å². The van der Waals surface area contributed by atoms with Crippen LogP contribution < -0.4 is 4.74 Å². The van der Waals surface area contributed by atoms with Crippen molar-refractivity contribution in [3.8, 4) is 5.75 Å². The highest BCUT2D eigenvalue weighted by Crippen LogP contribution is 2.38.